The number of carbonyl (C=O) groups is 1. The first kappa shape index (κ1) is 21.3. The molecular weight excluding hydrogens is 378 g/mol. The lowest BCUT2D eigenvalue weighted by atomic mass is 10.1. The van der Waals surface area contributed by atoms with Crippen LogP contribution in [0.2, 0.25) is 5.02 Å². The molecule has 1 amide bonds. The molecule has 0 saturated carbocycles. The van der Waals surface area contributed by atoms with Crippen LogP contribution >= 0.6 is 11.6 Å². The van der Waals surface area contributed by atoms with Gasteiger partial charge in [-0.2, -0.15) is 9.78 Å². The van der Waals surface area contributed by atoms with Crippen LogP contribution in [0.25, 0.3) is 16.9 Å². The number of aliphatic hydroxyl groups is 1. The molecule has 146 valence electrons. The van der Waals surface area contributed by atoms with E-state index in [4.69, 9.17) is 22.4 Å². The summed E-state index contributed by atoms with van der Waals surface area (Å²) < 4.78 is 1.19. The molecule has 28 heavy (non-hydrogen) atoms. The van der Waals surface area contributed by atoms with Gasteiger partial charge in [-0.1, -0.05) is 42.8 Å². The maximum atomic E-state index is 12.5. The van der Waals surface area contributed by atoms with Gasteiger partial charge in [0, 0.05) is 17.2 Å². The monoisotopic (exact) mass is 399 g/mol. The van der Waals surface area contributed by atoms with Crippen LogP contribution in [-0.2, 0) is 0 Å². The Bertz CT molecular complexity index is 1010. The summed E-state index contributed by atoms with van der Waals surface area (Å²) in [6.07, 6.45) is 0.875. The van der Waals surface area contributed by atoms with Crippen LogP contribution in [-0.4, -0.2) is 27.4 Å². The van der Waals surface area contributed by atoms with Gasteiger partial charge in [0.1, 0.15) is 5.56 Å². The number of nitrogens with zero attached hydrogens (tertiary/aromatic N) is 2. The van der Waals surface area contributed by atoms with Gasteiger partial charge in [-0.25, -0.2) is 0 Å². The van der Waals surface area contributed by atoms with E-state index in [2.05, 4.69) is 5.10 Å². The molecule has 2 aromatic carbocycles. The van der Waals surface area contributed by atoms with E-state index in [-0.39, 0.29) is 5.56 Å². The number of hydrogen-bond acceptors (Lipinski definition) is 4. The average molecular weight is 400 g/mol. The third-order valence-corrected chi connectivity index (χ3v) is 4.04. The molecule has 0 aliphatic carbocycles. The molecule has 6 nitrogen and oxygen atoms in total. The van der Waals surface area contributed by atoms with Crippen molar-refractivity contribution in [2.45, 2.75) is 20.3 Å². The van der Waals surface area contributed by atoms with Crippen molar-refractivity contribution >= 4 is 17.5 Å². The Hall–Kier alpha value is -2.96. The SMILES string of the molecule is CCCO.Cc1cccc(-n2nc(-c3ccc(Cl)cc3)cc(C(N)=O)c2=O)c1. The van der Waals surface area contributed by atoms with E-state index >= 15 is 0 Å². The number of hydrogen-bond donors (Lipinski definition) is 2. The normalized spacial score (nSPS) is 10.1. The molecule has 0 atom stereocenters. The highest BCUT2D eigenvalue weighted by atomic mass is 35.5. The second-order valence-corrected chi connectivity index (χ2v) is 6.53. The van der Waals surface area contributed by atoms with Crippen molar-refractivity contribution in [1.29, 1.82) is 0 Å². The van der Waals surface area contributed by atoms with Crippen LogP contribution in [0, 0.1) is 6.92 Å². The first-order chi connectivity index (χ1) is 13.4. The number of rotatable bonds is 4. The van der Waals surface area contributed by atoms with Crippen LogP contribution in [0.15, 0.2) is 59.4 Å². The Balaban J connectivity index is 0.000000640. The number of aromatic nitrogens is 2. The fraction of sp³-hybridized carbons (Fsp3) is 0.190. The molecule has 3 rings (SSSR count). The lowest BCUT2D eigenvalue weighted by Crippen LogP contribution is -2.30. The second-order valence-electron chi connectivity index (χ2n) is 6.09. The van der Waals surface area contributed by atoms with Gasteiger partial charge in [0.25, 0.3) is 11.5 Å². The van der Waals surface area contributed by atoms with Crippen LogP contribution in [0.1, 0.15) is 29.3 Å². The number of halogens is 1. The number of primary amides is 1. The summed E-state index contributed by atoms with van der Waals surface area (Å²) in [6.45, 7) is 4.16. The van der Waals surface area contributed by atoms with Gasteiger partial charge in [0.15, 0.2) is 0 Å². The van der Waals surface area contributed by atoms with E-state index < -0.39 is 11.5 Å². The van der Waals surface area contributed by atoms with Gasteiger partial charge in [-0.15, -0.1) is 0 Å². The second kappa shape index (κ2) is 9.82. The van der Waals surface area contributed by atoms with Crippen molar-refractivity contribution in [3.8, 4) is 16.9 Å². The first-order valence-corrected chi connectivity index (χ1v) is 9.13. The van der Waals surface area contributed by atoms with Crippen molar-refractivity contribution in [2.75, 3.05) is 6.61 Å². The largest absolute Gasteiger partial charge is 0.396 e. The zero-order valence-corrected chi connectivity index (χ0v) is 16.5. The molecule has 3 N–H and O–H groups in total. The fourth-order valence-corrected chi connectivity index (χ4v) is 2.49. The molecule has 0 bridgehead atoms. The number of aryl methyl sites for hydroxylation is 1. The van der Waals surface area contributed by atoms with Crippen molar-refractivity contribution in [1.82, 2.24) is 9.78 Å². The quantitative estimate of drug-likeness (QED) is 0.702. The van der Waals surface area contributed by atoms with Gasteiger partial charge in [-0.05, 0) is 49.2 Å². The number of aliphatic hydroxyl groups excluding tert-OH is 1. The maximum absolute atomic E-state index is 12.5. The lowest BCUT2D eigenvalue weighted by molar-refractivity contribution is 0.0998. The van der Waals surface area contributed by atoms with Crippen LogP contribution in [0.5, 0.6) is 0 Å². The third-order valence-electron chi connectivity index (χ3n) is 3.79. The highest BCUT2D eigenvalue weighted by Gasteiger charge is 2.15. The Morgan fingerprint density at radius 2 is 1.82 bits per heavy atom. The van der Waals surface area contributed by atoms with Gasteiger partial charge in [0.05, 0.1) is 11.4 Å². The molecule has 0 aliphatic heterocycles. The van der Waals surface area contributed by atoms with E-state index in [9.17, 15) is 9.59 Å². The number of amides is 1. The molecule has 0 fully saturated rings. The van der Waals surface area contributed by atoms with Gasteiger partial charge >= 0.3 is 0 Å². The molecule has 0 aliphatic rings. The van der Waals surface area contributed by atoms with Gasteiger partial charge < -0.3 is 10.8 Å². The summed E-state index contributed by atoms with van der Waals surface area (Å²) in [5, 5.41) is 12.8. The number of carbonyl (C=O) groups excluding carboxylic acids is 1. The zero-order valence-electron chi connectivity index (χ0n) is 15.7. The summed E-state index contributed by atoms with van der Waals surface area (Å²) >= 11 is 5.90. The van der Waals surface area contributed by atoms with E-state index in [0.29, 0.717) is 23.0 Å². The maximum Gasteiger partial charge on any atom is 0.284 e. The fourth-order valence-electron chi connectivity index (χ4n) is 2.37. The predicted molar refractivity (Wildman–Crippen MR) is 111 cm³/mol. The van der Waals surface area contributed by atoms with Crippen molar-refractivity contribution in [2.24, 2.45) is 5.73 Å². The lowest BCUT2D eigenvalue weighted by Gasteiger charge is -2.10. The van der Waals surface area contributed by atoms with Crippen LogP contribution in [0.4, 0.5) is 0 Å². The van der Waals surface area contributed by atoms with Crippen molar-refractivity contribution in [3.05, 3.63) is 81.1 Å². The highest BCUT2D eigenvalue weighted by molar-refractivity contribution is 6.30. The molecule has 0 unspecified atom stereocenters. The van der Waals surface area contributed by atoms with E-state index in [0.717, 1.165) is 17.5 Å². The van der Waals surface area contributed by atoms with Crippen LogP contribution in [0.3, 0.4) is 0 Å². The van der Waals surface area contributed by atoms with E-state index in [1.807, 2.05) is 32.0 Å². The number of nitrogens with two attached hydrogens (primary N) is 1. The van der Waals surface area contributed by atoms with Gasteiger partial charge in [-0.3, -0.25) is 9.59 Å². The minimum atomic E-state index is -0.793. The molecule has 0 saturated heterocycles. The zero-order chi connectivity index (χ0) is 20.7. The smallest absolute Gasteiger partial charge is 0.284 e. The van der Waals surface area contributed by atoms with E-state index in [1.54, 1.807) is 30.3 Å². The summed E-state index contributed by atoms with van der Waals surface area (Å²) in [5.41, 5.74) is 7.42. The molecule has 1 heterocycles. The molecule has 1 aromatic heterocycles. The highest BCUT2D eigenvalue weighted by Crippen LogP contribution is 2.20. The molecule has 0 radical (unpaired) electrons. The summed E-state index contributed by atoms with van der Waals surface area (Å²) in [5.74, 6) is -0.793. The minimum Gasteiger partial charge on any atom is -0.396 e. The van der Waals surface area contributed by atoms with Crippen molar-refractivity contribution in [3.63, 3.8) is 0 Å². The summed E-state index contributed by atoms with van der Waals surface area (Å²) in [7, 11) is 0. The molecular formula is C21H22ClN3O3. The Morgan fingerprint density at radius 1 is 1.18 bits per heavy atom. The third kappa shape index (κ3) is 5.28. The average Bonchev–Trinajstić information content (AvgIpc) is 2.69. The standard InChI is InChI=1S/C18H14ClN3O2.C3H8O/c1-11-3-2-4-14(9-11)22-18(24)15(17(20)23)10-16(21-22)12-5-7-13(19)8-6-12;1-2-3-4/h2-10H,1H3,(H2,20,23);4H,2-3H2,1H3. The molecule has 0 spiro atoms. The summed E-state index contributed by atoms with van der Waals surface area (Å²) in [4.78, 5) is 24.2. The Kier molecular flexibility index (Phi) is 7.49. The number of benzene rings is 2. The Morgan fingerprint density at radius 3 is 2.36 bits per heavy atom. The topological polar surface area (TPSA) is 98.2 Å². The van der Waals surface area contributed by atoms with E-state index in [1.165, 1.54) is 10.7 Å². The Labute approximate surface area is 168 Å². The van der Waals surface area contributed by atoms with Crippen molar-refractivity contribution < 1.29 is 9.90 Å². The predicted octanol–water partition coefficient (Wildman–Crippen LogP) is 3.35. The summed E-state index contributed by atoms with van der Waals surface area (Å²) in [6, 6.07) is 15.6. The van der Waals surface area contributed by atoms with Crippen LogP contribution < -0.4 is 11.3 Å². The van der Waals surface area contributed by atoms with Gasteiger partial charge in [0.2, 0.25) is 0 Å². The first-order valence-electron chi connectivity index (χ1n) is 8.75. The minimum absolute atomic E-state index is 0.114. The molecule has 3 aromatic rings. The molecule has 7 heteroatoms.